The second kappa shape index (κ2) is 4.77. The molecule has 4 nitrogen and oxygen atoms in total. The molecular weight excluding hydrogens is 178 g/mol. The van der Waals surface area contributed by atoms with Gasteiger partial charge in [0.2, 0.25) is 0 Å². The van der Waals surface area contributed by atoms with Crippen molar-refractivity contribution in [2.24, 2.45) is 5.92 Å². The third-order valence-electron chi connectivity index (χ3n) is 2.17. The van der Waals surface area contributed by atoms with Gasteiger partial charge in [-0.1, -0.05) is 6.92 Å². The Morgan fingerprint density at radius 2 is 2.43 bits per heavy atom. The SMILES string of the molecule is CCCn1nccc1C(O)C(C)C#N. The highest BCUT2D eigenvalue weighted by Gasteiger charge is 2.19. The molecule has 0 saturated carbocycles. The molecule has 2 atom stereocenters. The summed E-state index contributed by atoms with van der Waals surface area (Å²) in [5, 5.41) is 22.6. The molecule has 0 radical (unpaired) electrons. The van der Waals surface area contributed by atoms with Crippen molar-refractivity contribution in [1.82, 2.24) is 9.78 Å². The van der Waals surface area contributed by atoms with Gasteiger partial charge in [0, 0.05) is 12.7 Å². The van der Waals surface area contributed by atoms with E-state index in [1.807, 2.05) is 13.0 Å². The first-order valence-electron chi connectivity index (χ1n) is 4.80. The summed E-state index contributed by atoms with van der Waals surface area (Å²) in [6.07, 6.45) is 1.87. The fourth-order valence-electron chi connectivity index (χ4n) is 1.32. The van der Waals surface area contributed by atoms with Gasteiger partial charge in [-0.05, 0) is 19.4 Å². The van der Waals surface area contributed by atoms with Crippen molar-refractivity contribution in [3.05, 3.63) is 18.0 Å². The molecule has 4 heteroatoms. The van der Waals surface area contributed by atoms with Gasteiger partial charge in [-0.2, -0.15) is 10.4 Å². The van der Waals surface area contributed by atoms with Gasteiger partial charge in [-0.25, -0.2) is 0 Å². The maximum atomic E-state index is 9.80. The Bertz CT molecular complexity index is 326. The highest BCUT2D eigenvalue weighted by Crippen LogP contribution is 2.20. The molecule has 0 fully saturated rings. The summed E-state index contributed by atoms with van der Waals surface area (Å²) in [6, 6.07) is 3.79. The molecule has 0 aromatic carbocycles. The average Bonchev–Trinajstić information content (AvgIpc) is 2.64. The summed E-state index contributed by atoms with van der Waals surface area (Å²) in [7, 11) is 0. The third-order valence-corrected chi connectivity index (χ3v) is 2.17. The Kier molecular flexibility index (Phi) is 3.66. The van der Waals surface area contributed by atoms with Crippen LogP contribution in [0.4, 0.5) is 0 Å². The highest BCUT2D eigenvalue weighted by molar-refractivity contribution is 5.08. The highest BCUT2D eigenvalue weighted by atomic mass is 16.3. The van der Waals surface area contributed by atoms with Crippen molar-refractivity contribution in [2.45, 2.75) is 32.9 Å². The van der Waals surface area contributed by atoms with Crippen molar-refractivity contribution in [3.8, 4) is 6.07 Å². The standard InChI is InChI=1S/C10H15N3O/c1-3-6-13-9(4-5-12-13)10(14)8(2)7-11/h4-5,8,10,14H,3,6H2,1-2H3. The zero-order valence-corrected chi connectivity index (χ0v) is 8.51. The Morgan fingerprint density at radius 1 is 1.71 bits per heavy atom. The van der Waals surface area contributed by atoms with Crippen LogP contribution in [0.25, 0.3) is 0 Å². The van der Waals surface area contributed by atoms with Crippen LogP contribution >= 0.6 is 0 Å². The topological polar surface area (TPSA) is 61.8 Å². The van der Waals surface area contributed by atoms with E-state index in [4.69, 9.17) is 5.26 Å². The molecule has 1 N–H and O–H groups in total. The smallest absolute Gasteiger partial charge is 0.111 e. The summed E-state index contributed by atoms with van der Waals surface area (Å²) in [5.74, 6) is -0.401. The molecule has 0 spiro atoms. The number of nitrogens with zero attached hydrogens (tertiary/aromatic N) is 3. The van der Waals surface area contributed by atoms with Crippen LogP contribution in [0, 0.1) is 17.2 Å². The van der Waals surface area contributed by atoms with Crippen molar-refractivity contribution in [1.29, 1.82) is 5.26 Å². The normalized spacial score (nSPS) is 14.7. The van der Waals surface area contributed by atoms with E-state index in [1.165, 1.54) is 0 Å². The lowest BCUT2D eigenvalue weighted by Crippen LogP contribution is -2.14. The fourth-order valence-corrected chi connectivity index (χ4v) is 1.32. The van der Waals surface area contributed by atoms with Crippen LogP contribution < -0.4 is 0 Å². The van der Waals surface area contributed by atoms with Gasteiger partial charge in [-0.3, -0.25) is 4.68 Å². The minimum atomic E-state index is -0.742. The first-order valence-corrected chi connectivity index (χ1v) is 4.80. The minimum Gasteiger partial charge on any atom is -0.385 e. The molecule has 0 bridgehead atoms. The van der Waals surface area contributed by atoms with Gasteiger partial charge in [-0.15, -0.1) is 0 Å². The Hall–Kier alpha value is -1.34. The zero-order chi connectivity index (χ0) is 10.6. The number of aliphatic hydroxyl groups excluding tert-OH is 1. The van der Waals surface area contributed by atoms with Crippen molar-refractivity contribution < 1.29 is 5.11 Å². The van der Waals surface area contributed by atoms with Gasteiger partial charge < -0.3 is 5.11 Å². The molecular formula is C10H15N3O. The zero-order valence-electron chi connectivity index (χ0n) is 8.51. The maximum absolute atomic E-state index is 9.80. The van der Waals surface area contributed by atoms with Crippen LogP contribution in [0.15, 0.2) is 12.3 Å². The maximum Gasteiger partial charge on any atom is 0.111 e. The van der Waals surface area contributed by atoms with E-state index in [1.54, 1.807) is 23.9 Å². The fraction of sp³-hybridized carbons (Fsp3) is 0.600. The van der Waals surface area contributed by atoms with E-state index in [0.717, 1.165) is 18.7 Å². The van der Waals surface area contributed by atoms with E-state index in [2.05, 4.69) is 5.10 Å². The lowest BCUT2D eigenvalue weighted by molar-refractivity contribution is 0.132. The van der Waals surface area contributed by atoms with Gasteiger partial charge in [0.05, 0.1) is 17.7 Å². The van der Waals surface area contributed by atoms with E-state index in [0.29, 0.717) is 0 Å². The van der Waals surface area contributed by atoms with Crippen molar-refractivity contribution >= 4 is 0 Å². The third kappa shape index (κ3) is 2.12. The predicted octanol–water partition coefficient (Wildman–Crippen LogP) is 1.49. The van der Waals surface area contributed by atoms with Crippen LogP contribution in [-0.2, 0) is 6.54 Å². The van der Waals surface area contributed by atoms with Gasteiger partial charge in [0.15, 0.2) is 0 Å². The number of aromatic nitrogens is 2. The molecule has 1 rings (SSSR count). The number of hydrogen-bond acceptors (Lipinski definition) is 3. The molecule has 1 heterocycles. The summed E-state index contributed by atoms with van der Waals surface area (Å²) < 4.78 is 1.75. The van der Waals surface area contributed by atoms with E-state index in [9.17, 15) is 5.11 Å². The lowest BCUT2D eigenvalue weighted by Gasteiger charge is -2.14. The number of nitriles is 1. The molecule has 0 aliphatic rings. The Balaban J connectivity index is 2.84. The Morgan fingerprint density at radius 3 is 3.00 bits per heavy atom. The molecule has 0 aliphatic heterocycles. The van der Waals surface area contributed by atoms with Crippen LogP contribution in [0.1, 0.15) is 32.1 Å². The predicted molar refractivity (Wildman–Crippen MR) is 52.3 cm³/mol. The van der Waals surface area contributed by atoms with Gasteiger partial charge in [0.25, 0.3) is 0 Å². The molecule has 2 unspecified atom stereocenters. The molecule has 1 aromatic rings. The van der Waals surface area contributed by atoms with Crippen molar-refractivity contribution in [2.75, 3.05) is 0 Å². The summed E-state index contributed by atoms with van der Waals surface area (Å²) in [6.45, 7) is 4.52. The average molecular weight is 193 g/mol. The molecule has 0 aliphatic carbocycles. The first-order chi connectivity index (χ1) is 6.70. The van der Waals surface area contributed by atoms with Crippen LogP contribution in [0.5, 0.6) is 0 Å². The van der Waals surface area contributed by atoms with E-state index >= 15 is 0 Å². The number of aliphatic hydroxyl groups is 1. The molecule has 0 amide bonds. The van der Waals surface area contributed by atoms with E-state index < -0.39 is 12.0 Å². The van der Waals surface area contributed by atoms with E-state index in [-0.39, 0.29) is 0 Å². The minimum absolute atomic E-state index is 0.401. The van der Waals surface area contributed by atoms with Crippen LogP contribution in [0.2, 0.25) is 0 Å². The number of aryl methyl sites for hydroxylation is 1. The molecule has 1 aromatic heterocycles. The summed E-state index contributed by atoms with van der Waals surface area (Å²) >= 11 is 0. The largest absolute Gasteiger partial charge is 0.385 e. The monoisotopic (exact) mass is 193 g/mol. The van der Waals surface area contributed by atoms with Gasteiger partial charge >= 0.3 is 0 Å². The number of hydrogen-bond donors (Lipinski definition) is 1. The Labute approximate surface area is 83.8 Å². The molecule has 0 saturated heterocycles. The second-order valence-corrected chi connectivity index (χ2v) is 3.34. The lowest BCUT2D eigenvalue weighted by atomic mass is 10.0. The second-order valence-electron chi connectivity index (χ2n) is 3.34. The first kappa shape index (κ1) is 10.7. The summed E-state index contributed by atoms with van der Waals surface area (Å²) in [5.41, 5.74) is 0.723. The van der Waals surface area contributed by atoms with Gasteiger partial charge in [0.1, 0.15) is 6.10 Å². The summed E-state index contributed by atoms with van der Waals surface area (Å²) in [4.78, 5) is 0. The molecule has 76 valence electrons. The van der Waals surface area contributed by atoms with Crippen LogP contribution in [-0.4, -0.2) is 14.9 Å². The van der Waals surface area contributed by atoms with Crippen LogP contribution in [0.3, 0.4) is 0 Å². The molecule has 14 heavy (non-hydrogen) atoms. The quantitative estimate of drug-likeness (QED) is 0.788. The number of rotatable bonds is 4. The van der Waals surface area contributed by atoms with Crippen molar-refractivity contribution in [3.63, 3.8) is 0 Å².